The second-order valence-corrected chi connectivity index (χ2v) is 7.38. The molecule has 0 saturated heterocycles. The number of hydrogen-bond donors (Lipinski definition) is 2. The predicted molar refractivity (Wildman–Crippen MR) is 102 cm³/mol. The maximum atomic E-state index is 12.2. The minimum atomic E-state index is 0.0474. The van der Waals surface area contributed by atoms with Gasteiger partial charge in [-0.2, -0.15) is 0 Å². The third-order valence-electron chi connectivity index (χ3n) is 4.15. The minimum Gasteiger partial charge on any atom is -0.326 e. The highest BCUT2D eigenvalue weighted by atomic mass is 32.1. The first-order chi connectivity index (χ1) is 11.5. The maximum Gasteiger partial charge on any atom is 0.225 e. The molecule has 2 aromatic rings. The van der Waals surface area contributed by atoms with Crippen LogP contribution in [-0.2, 0) is 17.6 Å². The summed E-state index contributed by atoms with van der Waals surface area (Å²) in [6, 6.07) is 6.11. The molecule has 2 N–H and O–H groups in total. The summed E-state index contributed by atoms with van der Waals surface area (Å²) in [6.45, 7) is 9.12. The van der Waals surface area contributed by atoms with Crippen LogP contribution in [0.25, 0.3) is 0 Å². The van der Waals surface area contributed by atoms with Crippen molar-refractivity contribution in [2.24, 2.45) is 0 Å². The Hall–Kier alpha value is -1.72. The Bertz CT molecular complexity index is 681. The van der Waals surface area contributed by atoms with Crippen molar-refractivity contribution in [3.05, 3.63) is 45.4 Å². The SMILES string of the molecule is CCc1cnc(CCN[C@H](C)CC(=O)Nc2cccc(C)c2C)s1. The van der Waals surface area contributed by atoms with Gasteiger partial charge in [0.1, 0.15) is 0 Å². The number of amides is 1. The van der Waals surface area contributed by atoms with E-state index in [1.807, 2.05) is 32.2 Å². The van der Waals surface area contributed by atoms with E-state index in [1.165, 1.54) is 10.4 Å². The molecule has 0 bridgehead atoms. The number of anilines is 1. The number of carbonyl (C=O) groups is 1. The lowest BCUT2D eigenvalue weighted by Crippen LogP contribution is -2.32. The molecule has 5 heteroatoms. The van der Waals surface area contributed by atoms with Crippen LogP contribution in [-0.4, -0.2) is 23.5 Å². The summed E-state index contributed by atoms with van der Waals surface area (Å²) in [5, 5.41) is 7.58. The van der Waals surface area contributed by atoms with Gasteiger partial charge in [0.2, 0.25) is 5.91 Å². The van der Waals surface area contributed by atoms with Gasteiger partial charge in [-0.25, -0.2) is 4.98 Å². The number of nitrogens with zero attached hydrogens (tertiary/aromatic N) is 1. The lowest BCUT2D eigenvalue weighted by molar-refractivity contribution is -0.116. The smallest absolute Gasteiger partial charge is 0.225 e. The van der Waals surface area contributed by atoms with Gasteiger partial charge in [-0.1, -0.05) is 19.1 Å². The van der Waals surface area contributed by atoms with Gasteiger partial charge in [0.25, 0.3) is 0 Å². The van der Waals surface area contributed by atoms with Gasteiger partial charge in [-0.15, -0.1) is 11.3 Å². The number of hydrogen-bond acceptors (Lipinski definition) is 4. The van der Waals surface area contributed by atoms with Gasteiger partial charge in [0, 0.05) is 42.2 Å². The molecule has 0 aliphatic carbocycles. The van der Waals surface area contributed by atoms with Gasteiger partial charge in [-0.3, -0.25) is 4.79 Å². The van der Waals surface area contributed by atoms with E-state index in [-0.39, 0.29) is 11.9 Å². The fourth-order valence-corrected chi connectivity index (χ4v) is 3.35. The zero-order chi connectivity index (χ0) is 17.5. The summed E-state index contributed by atoms with van der Waals surface area (Å²) in [5.74, 6) is 0.0474. The molecule has 1 aromatic heterocycles. The van der Waals surface area contributed by atoms with Gasteiger partial charge in [0.15, 0.2) is 0 Å². The lowest BCUT2D eigenvalue weighted by Gasteiger charge is -2.15. The van der Waals surface area contributed by atoms with Crippen LogP contribution in [0, 0.1) is 13.8 Å². The second kappa shape index (κ2) is 8.94. The highest BCUT2D eigenvalue weighted by Crippen LogP contribution is 2.18. The van der Waals surface area contributed by atoms with Crippen LogP contribution in [0.3, 0.4) is 0 Å². The first-order valence-corrected chi connectivity index (χ1v) is 9.34. The van der Waals surface area contributed by atoms with Crippen LogP contribution in [0.4, 0.5) is 5.69 Å². The molecular weight excluding hydrogens is 318 g/mol. The van der Waals surface area contributed by atoms with E-state index in [2.05, 4.69) is 35.5 Å². The summed E-state index contributed by atoms with van der Waals surface area (Å²) in [4.78, 5) is 17.9. The first kappa shape index (κ1) is 18.6. The molecule has 0 fully saturated rings. The van der Waals surface area contributed by atoms with E-state index in [9.17, 15) is 4.79 Å². The topological polar surface area (TPSA) is 54.0 Å². The van der Waals surface area contributed by atoms with Crippen LogP contribution in [0.1, 0.15) is 41.3 Å². The third kappa shape index (κ3) is 5.42. The normalized spacial score (nSPS) is 12.2. The molecule has 0 unspecified atom stereocenters. The molecule has 24 heavy (non-hydrogen) atoms. The summed E-state index contributed by atoms with van der Waals surface area (Å²) in [6.07, 6.45) is 4.38. The van der Waals surface area contributed by atoms with Crippen LogP contribution >= 0.6 is 11.3 Å². The van der Waals surface area contributed by atoms with Gasteiger partial charge < -0.3 is 10.6 Å². The summed E-state index contributed by atoms with van der Waals surface area (Å²) in [7, 11) is 0. The Morgan fingerprint density at radius 3 is 2.83 bits per heavy atom. The molecule has 1 amide bonds. The van der Waals surface area contributed by atoms with Crippen LogP contribution in [0.2, 0.25) is 0 Å². The van der Waals surface area contributed by atoms with Crippen molar-refractivity contribution in [2.45, 2.75) is 53.0 Å². The zero-order valence-electron chi connectivity index (χ0n) is 15.0. The van der Waals surface area contributed by atoms with E-state index >= 15 is 0 Å². The molecule has 2 rings (SSSR count). The van der Waals surface area contributed by atoms with Crippen molar-refractivity contribution in [3.63, 3.8) is 0 Å². The third-order valence-corrected chi connectivity index (χ3v) is 5.35. The number of thiazole rings is 1. The highest BCUT2D eigenvalue weighted by molar-refractivity contribution is 7.11. The fourth-order valence-electron chi connectivity index (χ4n) is 2.49. The zero-order valence-corrected chi connectivity index (χ0v) is 15.8. The Labute approximate surface area is 148 Å². The van der Waals surface area contributed by atoms with Crippen molar-refractivity contribution in [1.29, 1.82) is 0 Å². The minimum absolute atomic E-state index is 0.0474. The largest absolute Gasteiger partial charge is 0.326 e. The van der Waals surface area contributed by atoms with E-state index in [0.717, 1.165) is 35.6 Å². The molecular formula is C19H27N3OS. The molecule has 0 radical (unpaired) electrons. The standard InChI is InChI=1S/C19H27N3OS/c1-5-16-12-21-19(24-16)9-10-20-14(3)11-18(23)22-17-8-6-7-13(2)15(17)4/h6-8,12,14,20H,5,9-11H2,1-4H3,(H,22,23)/t14-/m1/s1. The number of carbonyl (C=O) groups excluding carboxylic acids is 1. The molecule has 130 valence electrons. The Morgan fingerprint density at radius 1 is 1.33 bits per heavy atom. The van der Waals surface area contributed by atoms with Crippen molar-refractivity contribution >= 4 is 22.9 Å². The molecule has 0 spiro atoms. The molecule has 4 nitrogen and oxygen atoms in total. The molecule has 1 atom stereocenters. The van der Waals surface area contributed by atoms with E-state index < -0.39 is 0 Å². The first-order valence-electron chi connectivity index (χ1n) is 8.52. The number of rotatable bonds is 8. The number of nitrogens with one attached hydrogen (secondary N) is 2. The molecule has 0 aliphatic rings. The van der Waals surface area contributed by atoms with Gasteiger partial charge >= 0.3 is 0 Å². The summed E-state index contributed by atoms with van der Waals surface area (Å²) >= 11 is 1.77. The van der Waals surface area contributed by atoms with Crippen molar-refractivity contribution in [1.82, 2.24) is 10.3 Å². The second-order valence-electron chi connectivity index (χ2n) is 6.18. The van der Waals surface area contributed by atoms with Crippen LogP contribution < -0.4 is 10.6 Å². The molecule has 0 aliphatic heterocycles. The van der Waals surface area contributed by atoms with E-state index in [1.54, 1.807) is 11.3 Å². The molecule has 0 saturated carbocycles. The number of aryl methyl sites for hydroxylation is 2. The number of benzene rings is 1. The average Bonchev–Trinajstić information content (AvgIpc) is 2.99. The quantitative estimate of drug-likeness (QED) is 0.763. The van der Waals surface area contributed by atoms with Crippen molar-refractivity contribution in [2.75, 3.05) is 11.9 Å². The molecule has 1 heterocycles. The monoisotopic (exact) mass is 345 g/mol. The van der Waals surface area contributed by atoms with Crippen LogP contribution in [0.15, 0.2) is 24.4 Å². The fraction of sp³-hybridized carbons (Fsp3) is 0.474. The number of aromatic nitrogens is 1. The maximum absolute atomic E-state index is 12.2. The van der Waals surface area contributed by atoms with E-state index in [0.29, 0.717) is 6.42 Å². The Kier molecular flexibility index (Phi) is 6.94. The summed E-state index contributed by atoms with van der Waals surface area (Å²) in [5.41, 5.74) is 3.22. The van der Waals surface area contributed by atoms with Crippen molar-refractivity contribution < 1.29 is 4.79 Å². The average molecular weight is 346 g/mol. The van der Waals surface area contributed by atoms with Gasteiger partial charge in [-0.05, 0) is 44.4 Å². The predicted octanol–water partition coefficient (Wildman–Crippen LogP) is 3.87. The Morgan fingerprint density at radius 2 is 2.12 bits per heavy atom. The highest BCUT2D eigenvalue weighted by Gasteiger charge is 2.11. The summed E-state index contributed by atoms with van der Waals surface area (Å²) < 4.78 is 0. The Balaban J connectivity index is 1.74. The van der Waals surface area contributed by atoms with Crippen molar-refractivity contribution in [3.8, 4) is 0 Å². The van der Waals surface area contributed by atoms with Gasteiger partial charge in [0.05, 0.1) is 5.01 Å². The lowest BCUT2D eigenvalue weighted by atomic mass is 10.1. The van der Waals surface area contributed by atoms with Crippen LogP contribution in [0.5, 0.6) is 0 Å². The molecule has 1 aromatic carbocycles. The van der Waals surface area contributed by atoms with E-state index in [4.69, 9.17) is 0 Å².